The van der Waals surface area contributed by atoms with Crippen LogP contribution in [0.4, 0.5) is 11.6 Å². The fourth-order valence-corrected chi connectivity index (χ4v) is 2.86. The average molecular weight is 360 g/mol. The van der Waals surface area contributed by atoms with E-state index in [0.717, 1.165) is 17.9 Å². The monoisotopic (exact) mass is 360 g/mol. The number of carbonyl (C=O) groups is 2. The second-order valence-electron chi connectivity index (χ2n) is 5.46. The molecule has 0 saturated carbocycles. The third kappa shape index (κ3) is 2.66. The zero-order valence-corrected chi connectivity index (χ0v) is 13.6. The highest BCUT2D eigenvalue weighted by Gasteiger charge is 2.42. The van der Waals surface area contributed by atoms with Crippen LogP contribution < -0.4 is 0 Å². The highest BCUT2D eigenvalue weighted by molar-refractivity contribution is 6.03. The van der Waals surface area contributed by atoms with E-state index < -0.39 is 34.5 Å². The molecule has 0 saturated heterocycles. The van der Waals surface area contributed by atoms with Gasteiger partial charge in [-0.2, -0.15) is 0 Å². The molecule has 1 aliphatic rings. The molecule has 2 unspecified atom stereocenters. The first-order valence-corrected chi connectivity index (χ1v) is 7.27. The number of hydrogen-bond acceptors (Lipinski definition) is 9. The molecule has 2 atom stereocenters. The van der Waals surface area contributed by atoms with E-state index in [0.29, 0.717) is 0 Å². The van der Waals surface area contributed by atoms with Gasteiger partial charge in [0.1, 0.15) is 12.0 Å². The summed E-state index contributed by atoms with van der Waals surface area (Å²) in [5.74, 6) is -3.16. The van der Waals surface area contributed by atoms with Gasteiger partial charge >= 0.3 is 11.9 Å². The molecule has 26 heavy (non-hydrogen) atoms. The van der Waals surface area contributed by atoms with Crippen molar-refractivity contribution in [2.75, 3.05) is 7.11 Å². The zero-order chi connectivity index (χ0) is 19.0. The molecule has 1 aliphatic heterocycles. The number of benzene rings is 1. The molecule has 12 nitrogen and oxygen atoms in total. The predicted octanol–water partition coefficient (Wildman–Crippen LogP) is 0.764. The predicted molar refractivity (Wildman–Crippen MR) is 84.3 cm³/mol. The lowest BCUT2D eigenvalue weighted by Gasteiger charge is -2.27. The molecular formula is C14H12N6O6. The molecular weight excluding hydrogens is 348 g/mol. The molecule has 134 valence electrons. The number of nitro groups is 1. The summed E-state index contributed by atoms with van der Waals surface area (Å²) in [4.78, 5) is 38.3. The van der Waals surface area contributed by atoms with Crippen LogP contribution in [0, 0.1) is 16.0 Å². The van der Waals surface area contributed by atoms with Crippen molar-refractivity contribution in [3.05, 3.63) is 39.4 Å². The zero-order valence-electron chi connectivity index (χ0n) is 13.6. The number of aliphatic imine (C=N–C) groups is 1. The van der Waals surface area contributed by atoms with Crippen LogP contribution in [0.15, 0.2) is 23.2 Å². The summed E-state index contributed by atoms with van der Waals surface area (Å²) in [6.07, 6.45) is 0. The minimum atomic E-state index is -1.23. The second kappa shape index (κ2) is 6.31. The van der Waals surface area contributed by atoms with Crippen molar-refractivity contribution in [2.45, 2.75) is 13.0 Å². The van der Waals surface area contributed by atoms with Gasteiger partial charge in [0.15, 0.2) is 0 Å². The summed E-state index contributed by atoms with van der Waals surface area (Å²) in [6, 6.07) is 2.56. The highest BCUT2D eigenvalue weighted by Crippen LogP contribution is 2.39. The van der Waals surface area contributed by atoms with Crippen molar-refractivity contribution in [3.63, 3.8) is 0 Å². The van der Waals surface area contributed by atoms with Gasteiger partial charge in [-0.15, -0.1) is 0 Å². The van der Waals surface area contributed by atoms with E-state index in [1.54, 1.807) is 0 Å². The van der Waals surface area contributed by atoms with Gasteiger partial charge in [-0.3, -0.25) is 14.9 Å². The van der Waals surface area contributed by atoms with Crippen LogP contribution in [0.25, 0.3) is 0 Å². The van der Waals surface area contributed by atoms with E-state index >= 15 is 0 Å². The summed E-state index contributed by atoms with van der Waals surface area (Å²) in [5.41, 5.74) is -0.234. The molecule has 0 bridgehead atoms. The second-order valence-corrected chi connectivity index (χ2v) is 5.46. The first-order valence-electron chi connectivity index (χ1n) is 7.27. The lowest BCUT2D eigenvalue weighted by atomic mass is 9.87. The molecule has 2 heterocycles. The number of tetrazole rings is 1. The minimum Gasteiger partial charge on any atom is -0.481 e. The lowest BCUT2D eigenvalue weighted by Crippen LogP contribution is -2.36. The van der Waals surface area contributed by atoms with Crippen LogP contribution >= 0.6 is 0 Å². The Morgan fingerprint density at radius 3 is 2.73 bits per heavy atom. The molecule has 0 radical (unpaired) electrons. The number of hydrogen-bond donors (Lipinski definition) is 1. The Labute approximate surface area is 145 Å². The van der Waals surface area contributed by atoms with E-state index in [9.17, 15) is 24.8 Å². The summed E-state index contributed by atoms with van der Waals surface area (Å²) in [6.45, 7) is 1.48. The Hall–Kier alpha value is -3.70. The third-order valence-electron chi connectivity index (χ3n) is 4.01. The van der Waals surface area contributed by atoms with Crippen molar-refractivity contribution >= 4 is 29.3 Å². The Balaban J connectivity index is 2.23. The number of nitro benzene ring substituents is 1. The van der Waals surface area contributed by atoms with E-state index in [1.807, 2.05) is 0 Å². The van der Waals surface area contributed by atoms with Crippen molar-refractivity contribution in [1.82, 2.24) is 20.2 Å². The average Bonchev–Trinajstić information content (AvgIpc) is 3.06. The van der Waals surface area contributed by atoms with Gasteiger partial charge in [-0.05, 0) is 29.5 Å². The van der Waals surface area contributed by atoms with E-state index in [2.05, 4.69) is 25.3 Å². The first kappa shape index (κ1) is 17.1. The molecule has 12 heteroatoms. The van der Waals surface area contributed by atoms with E-state index in [4.69, 9.17) is 0 Å². The maximum absolute atomic E-state index is 11.8. The van der Waals surface area contributed by atoms with Crippen LogP contribution in [0.1, 0.15) is 28.9 Å². The van der Waals surface area contributed by atoms with Gasteiger partial charge in [0.25, 0.3) is 11.6 Å². The highest BCUT2D eigenvalue weighted by atomic mass is 16.6. The molecule has 0 fully saturated rings. The molecule has 0 amide bonds. The number of aromatic nitrogens is 4. The smallest absolute Gasteiger partial charge is 0.338 e. The number of carbonyl (C=O) groups excluding carboxylic acids is 1. The number of nitrogens with zero attached hydrogens (tertiary/aromatic N) is 6. The number of methoxy groups -OCH3 is 1. The van der Waals surface area contributed by atoms with E-state index in [1.165, 1.54) is 19.1 Å². The SMILES string of the molecule is COC(=O)c1ccc(C2C(C(=O)O)C(C)=Nc3nnnn32)c([N+](=O)[O-])c1. The Kier molecular flexibility index (Phi) is 4.16. The lowest BCUT2D eigenvalue weighted by molar-refractivity contribution is -0.385. The third-order valence-corrected chi connectivity index (χ3v) is 4.01. The Morgan fingerprint density at radius 1 is 1.38 bits per heavy atom. The Bertz CT molecular complexity index is 951. The van der Waals surface area contributed by atoms with Crippen LogP contribution in [0.3, 0.4) is 0 Å². The molecule has 0 aliphatic carbocycles. The molecule has 1 aromatic carbocycles. The Morgan fingerprint density at radius 2 is 2.12 bits per heavy atom. The summed E-state index contributed by atoms with van der Waals surface area (Å²) in [5, 5.41) is 32.0. The number of aliphatic carboxylic acids is 1. The van der Waals surface area contributed by atoms with Crippen molar-refractivity contribution in [2.24, 2.45) is 10.9 Å². The van der Waals surface area contributed by atoms with Gasteiger partial charge in [0.05, 0.1) is 23.2 Å². The van der Waals surface area contributed by atoms with Crippen molar-refractivity contribution in [3.8, 4) is 0 Å². The van der Waals surface area contributed by atoms with Crippen molar-refractivity contribution < 1.29 is 24.4 Å². The number of ether oxygens (including phenoxy) is 1. The maximum atomic E-state index is 11.8. The van der Waals surface area contributed by atoms with Gasteiger partial charge in [0.2, 0.25) is 0 Å². The fraction of sp³-hybridized carbons (Fsp3) is 0.286. The van der Waals surface area contributed by atoms with Gasteiger partial charge in [0, 0.05) is 11.8 Å². The number of rotatable bonds is 4. The van der Waals surface area contributed by atoms with Crippen molar-refractivity contribution in [1.29, 1.82) is 0 Å². The standard InChI is InChI=1S/C14H12N6O6/c1-6-10(12(21)22)11(19-14(15-6)16-17-18-19)8-4-3-7(13(23)26-2)5-9(8)20(24)25/h3-5,10-11H,1-2H3,(H,21,22). The fourth-order valence-electron chi connectivity index (χ4n) is 2.86. The van der Waals surface area contributed by atoms with Crippen LogP contribution in [-0.2, 0) is 9.53 Å². The molecule has 3 rings (SSSR count). The van der Waals surface area contributed by atoms with Gasteiger partial charge in [-0.25, -0.2) is 14.5 Å². The van der Waals surface area contributed by atoms with Crippen LogP contribution in [0.2, 0.25) is 0 Å². The molecule has 1 aromatic heterocycles. The molecule has 1 N–H and O–H groups in total. The largest absolute Gasteiger partial charge is 0.481 e. The normalized spacial score (nSPS) is 18.6. The number of carboxylic acid groups (broad SMARTS) is 1. The minimum absolute atomic E-state index is 0.0343. The summed E-state index contributed by atoms with van der Waals surface area (Å²) >= 11 is 0. The topological polar surface area (TPSA) is 163 Å². The summed E-state index contributed by atoms with van der Waals surface area (Å²) < 4.78 is 5.68. The number of carboxylic acids is 1. The number of fused-ring (bicyclic) bond motifs is 1. The van der Waals surface area contributed by atoms with Crippen LogP contribution in [0.5, 0.6) is 0 Å². The van der Waals surface area contributed by atoms with Crippen LogP contribution in [-0.4, -0.2) is 55.0 Å². The maximum Gasteiger partial charge on any atom is 0.338 e. The van der Waals surface area contributed by atoms with Gasteiger partial charge < -0.3 is 9.84 Å². The number of esters is 1. The van der Waals surface area contributed by atoms with E-state index in [-0.39, 0.29) is 22.8 Å². The van der Waals surface area contributed by atoms with Gasteiger partial charge in [-0.1, -0.05) is 5.10 Å². The molecule has 2 aromatic rings. The first-order chi connectivity index (χ1) is 12.3. The molecule has 0 spiro atoms. The summed E-state index contributed by atoms with van der Waals surface area (Å²) in [7, 11) is 1.15. The quantitative estimate of drug-likeness (QED) is 0.471.